The number of nitrogens with zero attached hydrogens (tertiary/aromatic N) is 1. The van der Waals surface area contributed by atoms with Crippen LogP contribution in [0.4, 0.5) is 5.82 Å². The third-order valence-electron chi connectivity index (χ3n) is 3.05. The highest BCUT2D eigenvalue weighted by molar-refractivity contribution is 9.10. The van der Waals surface area contributed by atoms with Crippen molar-refractivity contribution in [3.63, 3.8) is 0 Å². The lowest BCUT2D eigenvalue weighted by Gasteiger charge is -2.14. The quantitative estimate of drug-likeness (QED) is 0.421. The highest BCUT2D eigenvalue weighted by Gasteiger charge is 2.13. The molecule has 0 amide bonds. The Labute approximate surface area is 142 Å². The number of carbonyl (C=O) groups excluding carboxylic acids is 1. The number of ether oxygens (including phenoxy) is 1. The molecule has 0 saturated heterocycles. The third-order valence-corrected chi connectivity index (χ3v) is 3.49. The standard InChI is InChI=1S/C16H16BrN3O3/c1-9(18)12-6-11(17)7-19-16(12)20-8-13-14(22)4-3-5-15(13)23-10(2)21/h3-7,18,22H,8H2,1-2H3,(H,19,20). The van der Waals surface area contributed by atoms with Crippen LogP contribution < -0.4 is 10.1 Å². The SMILES string of the molecule is CC(=N)c1cc(Br)cnc1NCc1c(O)cccc1OC(C)=O. The van der Waals surface area contributed by atoms with E-state index in [1.54, 1.807) is 31.3 Å². The Balaban J connectivity index is 2.28. The number of nitrogens with one attached hydrogen (secondary N) is 2. The van der Waals surface area contributed by atoms with Crippen LogP contribution in [-0.4, -0.2) is 21.8 Å². The van der Waals surface area contributed by atoms with E-state index in [1.165, 1.54) is 13.0 Å². The molecule has 1 heterocycles. The number of aromatic nitrogens is 1. The average molecular weight is 378 g/mol. The average Bonchev–Trinajstić information content (AvgIpc) is 2.47. The molecule has 120 valence electrons. The summed E-state index contributed by atoms with van der Waals surface area (Å²) in [5, 5.41) is 20.9. The predicted octanol–water partition coefficient (Wildman–Crippen LogP) is 3.47. The van der Waals surface area contributed by atoms with Gasteiger partial charge >= 0.3 is 5.97 Å². The van der Waals surface area contributed by atoms with Crippen LogP contribution in [0.1, 0.15) is 25.0 Å². The number of carbonyl (C=O) groups is 1. The molecule has 6 nitrogen and oxygen atoms in total. The van der Waals surface area contributed by atoms with Gasteiger partial charge in [-0.1, -0.05) is 6.07 Å². The molecular formula is C16H16BrN3O3. The number of phenols is 1. The number of pyridine rings is 1. The summed E-state index contributed by atoms with van der Waals surface area (Å²) in [6.45, 7) is 3.16. The minimum atomic E-state index is -0.463. The Morgan fingerprint density at radius 2 is 2.17 bits per heavy atom. The summed E-state index contributed by atoms with van der Waals surface area (Å²) in [7, 11) is 0. The Hall–Kier alpha value is -2.41. The summed E-state index contributed by atoms with van der Waals surface area (Å²) in [6.07, 6.45) is 1.62. The second-order valence-electron chi connectivity index (χ2n) is 4.88. The first-order valence-corrected chi connectivity index (χ1v) is 7.62. The van der Waals surface area contributed by atoms with E-state index in [9.17, 15) is 9.90 Å². The summed E-state index contributed by atoms with van der Waals surface area (Å²) < 4.78 is 5.87. The lowest BCUT2D eigenvalue weighted by Crippen LogP contribution is -2.10. The second kappa shape index (κ2) is 7.23. The molecule has 0 saturated carbocycles. The second-order valence-corrected chi connectivity index (χ2v) is 5.79. The summed E-state index contributed by atoms with van der Waals surface area (Å²) in [5.41, 5.74) is 1.45. The van der Waals surface area contributed by atoms with Crippen LogP contribution in [-0.2, 0) is 11.3 Å². The van der Waals surface area contributed by atoms with Gasteiger partial charge in [0.2, 0.25) is 0 Å². The van der Waals surface area contributed by atoms with Crippen LogP contribution in [0.15, 0.2) is 34.9 Å². The van der Waals surface area contributed by atoms with Gasteiger partial charge in [-0.05, 0) is 41.1 Å². The van der Waals surface area contributed by atoms with Gasteiger partial charge in [-0.2, -0.15) is 0 Å². The van der Waals surface area contributed by atoms with Crippen LogP contribution in [0.3, 0.4) is 0 Å². The van der Waals surface area contributed by atoms with E-state index >= 15 is 0 Å². The van der Waals surface area contributed by atoms with Crippen molar-refractivity contribution >= 4 is 33.4 Å². The molecule has 0 fully saturated rings. The summed E-state index contributed by atoms with van der Waals surface area (Å²) >= 11 is 3.33. The van der Waals surface area contributed by atoms with E-state index in [-0.39, 0.29) is 18.0 Å². The fourth-order valence-corrected chi connectivity index (χ4v) is 2.35. The predicted molar refractivity (Wildman–Crippen MR) is 91.2 cm³/mol. The molecule has 0 atom stereocenters. The van der Waals surface area contributed by atoms with E-state index in [4.69, 9.17) is 10.1 Å². The smallest absolute Gasteiger partial charge is 0.308 e. The topological polar surface area (TPSA) is 95.3 Å². The first kappa shape index (κ1) is 17.0. The highest BCUT2D eigenvalue weighted by Crippen LogP contribution is 2.29. The van der Waals surface area contributed by atoms with Gasteiger partial charge < -0.3 is 20.6 Å². The number of hydrogen-bond acceptors (Lipinski definition) is 6. The molecular weight excluding hydrogens is 362 g/mol. The van der Waals surface area contributed by atoms with Gasteiger partial charge in [-0.3, -0.25) is 4.79 Å². The lowest BCUT2D eigenvalue weighted by atomic mass is 10.1. The van der Waals surface area contributed by atoms with Crippen LogP contribution >= 0.6 is 15.9 Å². The van der Waals surface area contributed by atoms with Crippen molar-refractivity contribution in [2.45, 2.75) is 20.4 Å². The van der Waals surface area contributed by atoms with Crippen LogP contribution in [0.25, 0.3) is 0 Å². The Morgan fingerprint density at radius 1 is 1.43 bits per heavy atom. The van der Waals surface area contributed by atoms with Gasteiger partial charge in [0.15, 0.2) is 0 Å². The van der Waals surface area contributed by atoms with Gasteiger partial charge in [-0.25, -0.2) is 4.98 Å². The molecule has 0 radical (unpaired) electrons. The highest BCUT2D eigenvalue weighted by atomic mass is 79.9. The number of rotatable bonds is 5. The van der Waals surface area contributed by atoms with E-state index in [1.807, 2.05) is 0 Å². The maximum atomic E-state index is 11.2. The molecule has 3 N–H and O–H groups in total. The molecule has 0 bridgehead atoms. The van der Waals surface area contributed by atoms with Crippen LogP contribution in [0.5, 0.6) is 11.5 Å². The van der Waals surface area contributed by atoms with E-state index in [0.29, 0.717) is 22.7 Å². The zero-order valence-electron chi connectivity index (χ0n) is 12.7. The zero-order valence-corrected chi connectivity index (χ0v) is 14.3. The van der Waals surface area contributed by atoms with Gasteiger partial charge in [0.1, 0.15) is 17.3 Å². The van der Waals surface area contributed by atoms with E-state index in [0.717, 1.165) is 4.47 Å². The maximum Gasteiger partial charge on any atom is 0.308 e. The van der Waals surface area contributed by atoms with Crippen molar-refractivity contribution in [2.75, 3.05) is 5.32 Å². The maximum absolute atomic E-state index is 11.2. The number of halogens is 1. The van der Waals surface area contributed by atoms with Crippen LogP contribution in [0, 0.1) is 5.41 Å². The molecule has 2 aromatic rings. The van der Waals surface area contributed by atoms with Gasteiger partial charge in [0, 0.05) is 35.4 Å². The molecule has 2 rings (SSSR count). The third kappa shape index (κ3) is 4.29. The normalized spacial score (nSPS) is 10.2. The lowest BCUT2D eigenvalue weighted by molar-refractivity contribution is -0.131. The fraction of sp³-hybridized carbons (Fsp3) is 0.188. The zero-order chi connectivity index (χ0) is 17.0. The largest absolute Gasteiger partial charge is 0.507 e. The van der Waals surface area contributed by atoms with Crippen LogP contribution in [0.2, 0.25) is 0 Å². The van der Waals surface area contributed by atoms with E-state index in [2.05, 4.69) is 26.2 Å². The van der Waals surface area contributed by atoms with Crippen molar-refractivity contribution in [3.05, 3.63) is 46.1 Å². The molecule has 0 spiro atoms. The molecule has 0 unspecified atom stereocenters. The molecule has 0 aliphatic carbocycles. The summed E-state index contributed by atoms with van der Waals surface area (Å²) in [6, 6.07) is 6.51. The van der Waals surface area contributed by atoms with Gasteiger partial charge in [-0.15, -0.1) is 0 Å². The number of benzene rings is 1. The number of anilines is 1. The number of esters is 1. The molecule has 0 aliphatic rings. The van der Waals surface area contributed by atoms with E-state index < -0.39 is 5.97 Å². The van der Waals surface area contributed by atoms with Gasteiger partial charge in [0.05, 0.1) is 5.56 Å². The number of aromatic hydroxyl groups is 1. The minimum absolute atomic E-state index is 0.0153. The van der Waals surface area contributed by atoms with Crippen molar-refractivity contribution in [2.24, 2.45) is 0 Å². The van der Waals surface area contributed by atoms with Crippen molar-refractivity contribution in [3.8, 4) is 11.5 Å². The first-order chi connectivity index (χ1) is 10.9. The number of phenolic OH excluding ortho intramolecular Hbond substituents is 1. The van der Waals surface area contributed by atoms with Gasteiger partial charge in [0.25, 0.3) is 0 Å². The summed E-state index contributed by atoms with van der Waals surface area (Å²) in [5.74, 6) is 0.351. The minimum Gasteiger partial charge on any atom is -0.507 e. The van der Waals surface area contributed by atoms with Crippen molar-refractivity contribution in [1.29, 1.82) is 5.41 Å². The Kier molecular flexibility index (Phi) is 5.33. The summed E-state index contributed by atoms with van der Waals surface area (Å²) in [4.78, 5) is 15.4. The molecule has 7 heteroatoms. The molecule has 23 heavy (non-hydrogen) atoms. The first-order valence-electron chi connectivity index (χ1n) is 6.82. The molecule has 1 aromatic carbocycles. The monoisotopic (exact) mass is 377 g/mol. The Bertz CT molecular complexity index is 762. The fourth-order valence-electron chi connectivity index (χ4n) is 2.02. The number of hydrogen-bond donors (Lipinski definition) is 3. The van der Waals surface area contributed by atoms with Crippen molar-refractivity contribution < 1.29 is 14.6 Å². The molecule has 1 aromatic heterocycles. The Morgan fingerprint density at radius 3 is 2.83 bits per heavy atom. The van der Waals surface area contributed by atoms with Crippen molar-refractivity contribution in [1.82, 2.24) is 4.98 Å². The molecule has 0 aliphatic heterocycles.